The molecule has 0 unspecified atom stereocenters. The van der Waals surface area contributed by atoms with E-state index in [-0.39, 0.29) is 12.4 Å². The molecule has 2 N–H and O–H groups in total. The van der Waals surface area contributed by atoms with E-state index in [1.165, 1.54) is 6.20 Å². The summed E-state index contributed by atoms with van der Waals surface area (Å²) < 4.78 is 47.4. The summed E-state index contributed by atoms with van der Waals surface area (Å²) in [6.07, 6.45) is -3.06. The predicted octanol–water partition coefficient (Wildman–Crippen LogP) is 2.88. The van der Waals surface area contributed by atoms with E-state index in [0.717, 1.165) is 11.5 Å². The van der Waals surface area contributed by atoms with Gasteiger partial charge in [0.2, 0.25) is 11.8 Å². The minimum absolute atomic E-state index is 0.0895. The third-order valence-electron chi connectivity index (χ3n) is 3.45. The fourth-order valence-corrected chi connectivity index (χ4v) is 2.10. The maximum absolute atomic E-state index is 12.4. The monoisotopic (exact) mass is 385 g/mol. The van der Waals surface area contributed by atoms with Crippen LogP contribution in [0.2, 0.25) is 0 Å². The van der Waals surface area contributed by atoms with Gasteiger partial charge in [0.05, 0.1) is 18.8 Å². The molecule has 10 heteroatoms. The van der Waals surface area contributed by atoms with E-state index in [1.54, 1.807) is 12.1 Å². The molecule has 0 fully saturated rings. The van der Waals surface area contributed by atoms with Gasteiger partial charge in [-0.15, -0.1) is 0 Å². The molecule has 7 nitrogen and oxygen atoms in total. The average Bonchev–Trinajstić information content (AvgIpc) is 2.93. The topological polar surface area (TPSA) is 84.6 Å². The van der Waals surface area contributed by atoms with Gasteiger partial charge in [-0.05, 0) is 26.8 Å². The highest BCUT2D eigenvalue weighted by molar-refractivity contribution is 5.79. The summed E-state index contributed by atoms with van der Waals surface area (Å²) >= 11 is 0. The van der Waals surface area contributed by atoms with Crippen LogP contribution in [0.3, 0.4) is 0 Å². The fourth-order valence-electron chi connectivity index (χ4n) is 2.10. The Morgan fingerprint density at radius 3 is 2.70 bits per heavy atom. The first-order chi connectivity index (χ1) is 12.8. The molecule has 0 radical (unpaired) electrons. The van der Waals surface area contributed by atoms with Crippen molar-refractivity contribution in [2.75, 3.05) is 13.2 Å². The molecule has 0 aliphatic heterocycles. The Hall–Kier alpha value is -2.78. The van der Waals surface area contributed by atoms with E-state index < -0.39 is 12.8 Å². The van der Waals surface area contributed by atoms with Gasteiger partial charge in [-0.2, -0.15) is 13.2 Å². The molecule has 0 atom stereocenters. The molecule has 2 rings (SSSR count). The van der Waals surface area contributed by atoms with Crippen molar-refractivity contribution >= 4 is 5.96 Å². The molecular weight excluding hydrogens is 363 g/mol. The molecule has 2 aromatic rings. The lowest BCUT2D eigenvalue weighted by molar-refractivity contribution is -0.154. The van der Waals surface area contributed by atoms with Gasteiger partial charge in [0.15, 0.2) is 12.6 Å². The lowest BCUT2D eigenvalue weighted by Crippen LogP contribution is -2.36. The van der Waals surface area contributed by atoms with Crippen molar-refractivity contribution in [3.63, 3.8) is 0 Å². The van der Waals surface area contributed by atoms with Crippen LogP contribution in [0.5, 0.6) is 5.88 Å². The number of ether oxygens (including phenoxy) is 1. The zero-order chi connectivity index (χ0) is 19.9. The zero-order valence-corrected chi connectivity index (χ0v) is 15.4. The van der Waals surface area contributed by atoms with Crippen LogP contribution in [0, 0.1) is 13.8 Å². The van der Waals surface area contributed by atoms with Gasteiger partial charge < -0.3 is 19.8 Å². The maximum Gasteiger partial charge on any atom is 0.422 e. The number of aromatic nitrogens is 2. The van der Waals surface area contributed by atoms with Crippen LogP contribution in [-0.2, 0) is 13.1 Å². The Morgan fingerprint density at radius 2 is 2.07 bits per heavy atom. The molecule has 0 bridgehead atoms. The minimum Gasteiger partial charge on any atom is -0.468 e. The van der Waals surface area contributed by atoms with Crippen LogP contribution in [0.4, 0.5) is 13.2 Å². The summed E-state index contributed by atoms with van der Waals surface area (Å²) in [5.41, 5.74) is 1.26. The third-order valence-corrected chi connectivity index (χ3v) is 3.45. The number of aryl methyl sites for hydroxylation is 2. The molecule has 2 heterocycles. The van der Waals surface area contributed by atoms with Gasteiger partial charge in [0, 0.05) is 18.3 Å². The third kappa shape index (κ3) is 6.80. The van der Waals surface area contributed by atoms with Gasteiger partial charge in [0.1, 0.15) is 5.76 Å². The number of pyridine rings is 1. The number of oxazole rings is 1. The summed E-state index contributed by atoms with van der Waals surface area (Å²) in [5, 5.41) is 6.11. The van der Waals surface area contributed by atoms with Crippen molar-refractivity contribution in [3.8, 4) is 5.88 Å². The van der Waals surface area contributed by atoms with Crippen LogP contribution in [0.1, 0.15) is 29.8 Å². The van der Waals surface area contributed by atoms with E-state index in [4.69, 9.17) is 9.15 Å². The minimum atomic E-state index is -4.43. The summed E-state index contributed by atoms with van der Waals surface area (Å²) in [5.74, 6) is 1.65. The molecule has 0 aliphatic rings. The van der Waals surface area contributed by atoms with Crippen molar-refractivity contribution in [1.29, 1.82) is 0 Å². The van der Waals surface area contributed by atoms with Crippen molar-refractivity contribution in [2.24, 2.45) is 4.99 Å². The number of nitrogens with zero attached hydrogens (tertiary/aromatic N) is 3. The quantitative estimate of drug-likeness (QED) is 0.563. The van der Waals surface area contributed by atoms with E-state index in [1.807, 2.05) is 20.8 Å². The van der Waals surface area contributed by atoms with Crippen LogP contribution < -0.4 is 15.4 Å². The van der Waals surface area contributed by atoms with E-state index in [0.29, 0.717) is 30.5 Å². The van der Waals surface area contributed by atoms with Crippen LogP contribution in [0.15, 0.2) is 27.7 Å². The van der Waals surface area contributed by atoms with Crippen LogP contribution in [-0.4, -0.2) is 35.3 Å². The Labute approximate surface area is 155 Å². The normalized spacial score (nSPS) is 12.1. The summed E-state index contributed by atoms with van der Waals surface area (Å²) in [4.78, 5) is 12.5. The lowest BCUT2D eigenvalue weighted by Gasteiger charge is -2.12. The number of hydrogen-bond acceptors (Lipinski definition) is 5. The van der Waals surface area contributed by atoms with Gasteiger partial charge in [-0.25, -0.2) is 15.0 Å². The number of nitrogens with one attached hydrogen (secondary N) is 2. The second-order valence-electron chi connectivity index (χ2n) is 5.67. The van der Waals surface area contributed by atoms with Crippen LogP contribution in [0.25, 0.3) is 0 Å². The molecule has 0 spiro atoms. The molecule has 0 saturated heterocycles. The number of guanidine groups is 1. The molecule has 0 amide bonds. The second kappa shape index (κ2) is 9.24. The number of rotatable bonds is 7. The summed E-state index contributed by atoms with van der Waals surface area (Å²) in [6.45, 7) is 5.22. The molecule has 0 aliphatic carbocycles. The Morgan fingerprint density at radius 1 is 1.30 bits per heavy atom. The van der Waals surface area contributed by atoms with Crippen molar-refractivity contribution in [2.45, 2.75) is 40.0 Å². The molecule has 0 saturated carbocycles. The average molecular weight is 385 g/mol. The summed E-state index contributed by atoms with van der Waals surface area (Å²) in [6, 6.07) is 3.23. The molecule has 2 aromatic heterocycles. The Kier molecular flexibility index (Phi) is 7.03. The van der Waals surface area contributed by atoms with E-state index in [9.17, 15) is 13.2 Å². The van der Waals surface area contributed by atoms with Gasteiger partial charge in [0.25, 0.3) is 0 Å². The van der Waals surface area contributed by atoms with E-state index in [2.05, 4.69) is 25.6 Å². The van der Waals surface area contributed by atoms with Crippen molar-refractivity contribution < 1.29 is 22.3 Å². The molecule has 148 valence electrons. The van der Waals surface area contributed by atoms with Crippen molar-refractivity contribution in [1.82, 2.24) is 20.6 Å². The van der Waals surface area contributed by atoms with Crippen LogP contribution >= 0.6 is 0 Å². The standard InChI is InChI=1S/C17H22F3N5O2/c1-4-21-16(24-9-14-25-11(2)12(3)27-14)23-8-13-6-5-7-22-15(13)26-10-17(18,19)20/h5-7H,4,8-10H2,1-3H3,(H2,21,23,24). The number of hydrogen-bond donors (Lipinski definition) is 2. The van der Waals surface area contributed by atoms with Gasteiger partial charge in [-0.1, -0.05) is 6.07 Å². The first-order valence-electron chi connectivity index (χ1n) is 8.37. The van der Waals surface area contributed by atoms with Gasteiger partial charge in [-0.3, -0.25) is 0 Å². The highest BCUT2D eigenvalue weighted by Gasteiger charge is 2.29. The lowest BCUT2D eigenvalue weighted by atomic mass is 10.3. The zero-order valence-electron chi connectivity index (χ0n) is 15.4. The highest BCUT2D eigenvalue weighted by Crippen LogP contribution is 2.20. The molecular formula is C17H22F3N5O2. The smallest absolute Gasteiger partial charge is 0.422 e. The summed E-state index contributed by atoms with van der Waals surface area (Å²) in [7, 11) is 0. The molecule has 0 aromatic carbocycles. The van der Waals surface area contributed by atoms with Crippen molar-refractivity contribution in [3.05, 3.63) is 41.2 Å². The van der Waals surface area contributed by atoms with E-state index >= 15 is 0 Å². The number of halogens is 3. The highest BCUT2D eigenvalue weighted by atomic mass is 19.4. The van der Waals surface area contributed by atoms with Gasteiger partial charge >= 0.3 is 6.18 Å². The fraction of sp³-hybridized carbons (Fsp3) is 0.471. The second-order valence-corrected chi connectivity index (χ2v) is 5.67. The first kappa shape index (κ1) is 20.5. The number of alkyl halides is 3. The Balaban J connectivity index is 2.03. The molecule has 27 heavy (non-hydrogen) atoms. The SMILES string of the molecule is CCNC(=NCc1cccnc1OCC(F)(F)F)NCc1nc(C)c(C)o1. The first-order valence-corrected chi connectivity index (χ1v) is 8.37. The Bertz CT molecular complexity index is 755. The predicted molar refractivity (Wildman–Crippen MR) is 93.4 cm³/mol. The maximum atomic E-state index is 12.4. The number of aliphatic imine (C=N–C) groups is 1. The largest absolute Gasteiger partial charge is 0.468 e.